The van der Waals surface area contributed by atoms with E-state index in [0.717, 1.165) is 16.8 Å². The highest BCUT2D eigenvalue weighted by molar-refractivity contribution is 9.10. The highest BCUT2D eigenvalue weighted by Gasteiger charge is 2.10. The van der Waals surface area contributed by atoms with Gasteiger partial charge in [0.1, 0.15) is 17.3 Å². The maximum atomic E-state index is 5.85. The van der Waals surface area contributed by atoms with E-state index in [2.05, 4.69) is 52.0 Å². The third-order valence-electron chi connectivity index (χ3n) is 2.48. The summed E-state index contributed by atoms with van der Waals surface area (Å²) in [6.45, 7) is 7.49. The first-order valence-electron chi connectivity index (χ1n) is 4.92. The lowest BCUT2D eigenvalue weighted by Crippen LogP contribution is -2.17. The van der Waals surface area contributed by atoms with E-state index in [1.807, 2.05) is 0 Å². The molecule has 0 bridgehead atoms. The lowest BCUT2D eigenvalue weighted by molar-refractivity contribution is 0.439. The maximum Gasteiger partial charge on any atom is 0.148 e. The molecule has 1 heterocycles. The van der Waals surface area contributed by atoms with Crippen molar-refractivity contribution in [1.82, 2.24) is 9.97 Å². The first kappa shape index (κ1) is 12.7. The summed E-state index contributed by atoms with van der Waals surface area (Å²) in [7, 11) is 0. The molecule has 0 spiro atoms. The van der Waals surface area contributed by atoms with Gasteiger partial charge in [-0.05, 0) is 27.8 Å². The minimum absolute atomic E-state index is 0.435. The quantitative estimate of drug-likeness (QED) is 0.862. The van der Waals surface area contributed by atoms with E-state index < -0.39 is 0 Å². The van der Waals surface area contributed by atoms with Crippen LogP contribution in [0.1, 0.15) is 20.8 Å². The van der Waals surface area contributed by atoms with Crippen molar-refractivity contribution in [2.24, 2.45) is 11.8 Å². The third-order valence-corrected chi connectivity index (χ3v) is 3.74. The Hall–Kier alpha value is -0.350. The molecule has 1 N–H and O–H groups in total. The van der Waals surface area contributed by atoms with Crippen LogP contribution in [0.2, 0.25) is 5.15 Å². The number of hydrogen-bond acceptors (Lipinski definition) is 3. The largest absolute Gasteiger partial charge is 0.369 e. The Labute approximate surface area is 104 Å². The molecule has 1 unspecified atom stereocenters. The fraction of sp³-hybridized carbons (Fsp3) is 0.600. The van der Waals surface area contributed by atoms with E-state index in [1.165, 1.54) is 6.33 Å². The van der Waals surface area contributed by atoms with Gasteiger partial charge in [-0.1, -0.05) is 32.4 Å². The van der Waals surface area contributed by atoms with Crippen molar-refractivity contribution in [3.8, 4) is 0 Å². The molecule has 0 saturated heterocycles. The summed E-state index contributed by atoms with van der Waals surface area (Å²) in [5, 5.41) is 3.69. The summed E-state index contributed by atoms with van der Waals surface area (Å²) in [4.78, 5) is 7.99. The van der Waals surface area contributed by atoms with Crippen LogP contribution in [0, 0.1) is 11.8 Å². The highest BCUT2D eigenvalue weighted by Crippen LogP contribution is 2.26. The second-order valence-corrected chi connectivity index (χ2v) is 5.08. The molecule has 0 aromatic carbocycles. The summed E-state index contributed by atoms with van der Waals surface area (Å²) in [6.07, 6.45) is 1.45. The molecule has 0 aliphatic rings. The SMILES string of the molecule is CC(C)C(C)CNc1ncnc(Cl)c1Br. The van der Waals surface area contributed by atoms with Crippen molar-refractivity contribution >= 4 is 33.3 Å². The maximum absolute atomic E-state index is 5.85. The standard InChI is InChI=1S/C10H15BrClN3/c1-6(2)7(3)4-13-10-8(11)9(12)14-5-15-10/h5-7H,4H2,1-3H3,(H,13,14,15). The van der Waals surface area contributed by atoms with Gasteiger partial charge in [-0.3, -0.25) is 0 Å². The zero-order valence-electron chi connectivity index (χ0n) is 9.09. The van der Waals surface area contributed by atoms with Gasteiger partial charge in [-0.25, -0.2) is 9.97 Å². The van der Waals surface area contributed by atoms with E-state index in [4.69, 9.17) is 11.6 Å². The minimum atomic E-state index is 0.435. The van der Waals surface area contributed by atoms with Crippen LogP contribution in [0.5, 0.6) is 0 Å². The predicted octanol–water partition coefficient (Wildman–Crippen LogP) is 3.60. The molecule has 5 heteroatoms. The molecule has 0 aliphatic heterocycles. The zero-order valence-corrected chi connectivity index (χ0v) is 11.4. The molecule has 1 atom stereocenters. The fourth-order valence-electron chi connectivity index (χ4n) is 0.965. The second kappa shape index (κ2) is 5.66. The van der Waals surface area contributed by atoms with Gasteiger partial charge in [-0.15, -0.1) is 0 Å². The van der Waals surface area contributed by atoms with E-state index in [9.17, 15) is 0 Å². The van der Waals surface area contributed by atoms with E-state index in [0.29, 0.717) is 17.0 Å². The number of anilines is 1. The first-order valence-corrected chi connectivity index (χ1v) is 6.09. The number of hydrogen-bond donors (Lipinski definition) is 1. The molecule has 0 fully saturated rings. The Kier molecular flexibility index (Phi) is 4.80. The van der Waals surface area contributed by atoms with Gasteiger partial charge in [0.25, 0.3) is 0 Å². The summed E-state index contributed by atoms with van der Waals surface area (Å²) >= 11 is 9.20. The lowest BCUT2D eigenvalue weighted by Gasteiger charge is -2.16. The van der Waals surface area contributed by atoms with E-state index in [-0.39, 0.29) is 0 Å². The molecule has 1 aromatic rings. The van der Waals surface area contributed by atoms with Crippen molar-refractivity contribution in [3.05, 3.63) is 16.0 Å². The molecular formula is C10H15BrClN3. The number of halogens is 2. The number of nitrogens with zero attached hydrogens (tertiary/aromatic N) is 2. The number of rotatable bonds is 4. The van der Waals surface area contributed by atoms with Gasteiger partial charge in [0, 0.05) is 6.54 Å². The van der Waals surface area contributed by atoms with Crippen LogP contribution < -0.4 is 5.32 Å². The van der Waals surface area contributed by atoms with E-state index >= 15 is 0 Å². The summed E-state index contributed by atoms with van der Waals surface area (Å²) in [6, 6.07) is 0. The van der Waals surface area contributed by atoms with Gasteiger partial charge >= 0.3 is 0 Å². The molecule has 1 aromatic heterocycles. The van der Waals surface area contributed by atoms with Gasteiger partial charge in [0.15, 0.2) is 0 Å². The summed E-state index contributed by atoms with van der Waals surface area (Å²) in [5.74, 6) is 1.99. The third kappa shape index (κ3) is 3.61. The molecule has 84 valence electrons. The van der Waals surface area contributed by atoms with Crippen LogP contribution in [0.3, 0.4) is 0 Å². The van der Waals surface area contributed by atoms with Gasteiger partial charge < -0.3 is 5.32 Å². The topological polar surface area (TPSA) is 37.8 Å². The monoisotopic (exact) mass is 291 g/mol. The van der Waals surface area contributed by atoms with Crippen LogP contribution in [-0.2, 0) is 0 Å². The Morgan fingerprint density at radius 3 is 2.67 bits per heavy atom. The lowest BCUT2D eigenvalue weighted by atomic mass is 9.98. The van der Waals surface area contributed by atoms with Crippen molar-refractivity contribution in [3.63, 3.8) is 0 Å². The number of nitrogens with one attached hydrogen (secondary N) is 1. The Bertz CT molecular complexity index is 330. The molecule has 0 radical (unpaired) electrons. The first-order chi connectivity index (χ1) is 7.02. The normalized spacial score (nSPS) is 12.9. The second-order valence-electron chi connectivity index (χ2n) is 3.93. The Balaban J connectivity index is 2.62. The molecule has 3 nitrogen and oxygen atoms in total. The van der Waals surface area contributed by atoms with Crippen molar-refractivity contribution in [2.45, 2.75) is 20.8 Å². The molecule has 15 heavy (non-hydrogen) atoms. The summed E-state index contributed by atoms with van der Waals surface area (Å²) < 4.78 is 0.725. The van der Waals surface area contributed by atoms with Crippen LogP contribution in [0.15, 0.2) is 10.8 Å². The average Bonchev–Trinajstić information content (AvgIpc) is 2.19. The molecule has 0 aliphatic carbocycles. The van der Waals surface area contributed by atoms with E-state index in [1.54, 1.807) is 0 Å². The molecule has 0 saturated carbocycles. The van der Waals surface area contributed by atoms with Gasteiger partial charge in [0.05, 0.1) is 4.47 Å². The predicted molar refractivity (Wildman–Crippen MR) is 67.2 cm³/mol. The fourth-order valence-corrected chi connectivity index (χ4v) is 1.44. The van der Waals surface area contributed by atoms with Crippen molar-refractivity contribution in [1.29, 1.82) is 0 Å². The van der Waals surface area contributed by atoms with Crippen molar-refractivity contribution < 1.29 is 0 Å². The van der Waals surface area contributed by atoms with Crippen LogP contribution in [0.4, 0.5) is 5.82 Å². The highest BCUT2D eigenvalue weighted by atomic mass is 79.9. The smallest absolute Gasteiger partial charge is 0.148 e. The Morgan fingerprint density at radius 2 is 2.07 bits per heavy atom. The number of aromatic nitrogens is 2. The minimum Gasteiger partial charge on any atom is -0.369 e. The van der Waals surface area contributed by atoms with Gasteiger partial charge in [0.2, 0.25) is 0 Å². The van der Waals surface area contributed by atoms with Gasteiger partial charge in [-0.2, -0.15) is 0 Å². The molecule has 1 rings (SSSR count). The molecule has 0 amide bonds. The average molecular weight is 293 g/mol. The Morgan fingerprint density at radius 1 is 1.40 bits per heavy atom. The van der Waals surface area contributed by atoms with Crippen LogP contribution in [-0.4, -0.2) is 16.5 Å². The van der Waals surface area contributed by atoms with Crippen molar-refractivity contribution in [2.75, 3.05) is 11.9 Å². The summed E-state index contributed by atoms with van der Waals surface area (Å²) in [5.41, 5.74) is 0. The zero-order chi connectivity index (χ0) is 11.4. The van der Waals surface area contributed by atoms with Crippen LogP contribution >= 0.6 is 27.5 Å². The van der Waals surface area contributed by atoms with Crippen LogP contribution in [0.25, 0.3) is 0 Å². The molecular weight excluding hydrogens is 277 g/mol.